The average Bonchev–Trinajstić information content (AvgIpc) is 2.78. The van der Waals surface area contributed by atoms with Crippen LogP contribution in [0.4, 0.5) is 0 Å². The van der Waals surface area contributed by atoms with Gasteiger partial charge in [0, 0.05) is 13.1 Å². The van der Waals surface area contributed by atoms with Crippen LogP contribution in [0.5, 0.6) is 0 Å². The number of rotatable bonds is 3. The Morgan fingerprint density at radius 3 is 2.83 bits per heavy atom. The molecule has 5 atom stereocenters. The van der Waals surface area contributed by atoms with Crippen LogP contribution in [0.25, 0.3) is 0 Å². The first-order valence-corrected chi connectivity index (χ1v) is 7.24. The van der Waals surface area contributed by atoms with Crippen molar-refractivity contribution in [1.29, 1.82) is 0 Å². The number of hydrogen-bond donors (Lipinski definition) is 3. The minimum atomic E-state index is -0.959. The van der Waals surface area contributed by atoms with E-state index in [9.17, 15) is 10.2 Å². The van der Waals surface area contributed by atoms with Gasteiger partial charge in [-0.3, -0.25) is 5.32 Å². The molecule has 0 aromatic rings. The van der Waals surface area contributed by atoms with Crippen molar-refractivity contribution in [3.63, 3.8) is 0 Å². The van der Waals surface area contributed by atoms with Crippen LogP contribution in [0.2, 0.25) is 0 Å². The molecule has 18 heavy (non-hydrogen) atoms. The van der Waals surface area contributed by atoms with Crippen molar-refractivity contribution < 1.29 is 20.3 Å². The van der Waals surface area contributed by atoms with Crippen molar-refractivity contribution in [2.24, 2.45) is 4.99 Å². The molecule has 0 amide bonds. The Bertz CT molecular complexity index is 333. The number of thioether (sulfide) groups is 1. The molecule has 104 valence electrons. The maximum atomic E-state index is 10.1. The van der Waals surface area contributed by atoms with E-state index in [2.05, 4.69) is 4.99 Å². The van der Waals surface area contributed by atoms with E-state index < -0.39 is 24.4 Å². The minimum Gasteiger partial charge on any atom is -0.388 e. The molecular weight excluding hydrogens is 278 g/mol. The van der Waals surface area contributed by atoms with Gasteiger partial charge in [-0.2, -0.15) is 0 Å². The molecule has 2 aliphatic heterocycles. The predicted octanol–water partition coefficient (Wildman–Crippen LogP) is -1.43. The summed E-state index contributed by atoms with van der Waals surface area (Å²) in [6, 6.07) is -0.391. The zero-order valence-corrected chi connectivity index (χ0v) is 11.9. The second-order valence-corrected chi connectivity index (χ2v) is 5.95. The lowest BCUT2D eigenvalue weighted by molar-refractivity contribution is -0.500. The largest absolute Gasteiger partial charge is 0.388 e. The van der Waals surface area contributed by atoms with Crippen molar-refractivity contribution in [1.82, 2.24) is 4.42 Å². The summed E-state index contributed by atoms with van der Waals surface area (Å²) >= 11 is 7.41. The fourth-order valence-electron chi connectivity index (χ4n) is 2.07. The van der Waals surface area contributed by atoms with Crippen molar-refractivity contribution in [3.05, 3.63) is 0 Å². The smallest absolute Gasteiger partial charge is 0.258 e. The highest BCUT2D eigenvalue weighted by molar-refractivity contribution is 8.14. The molecule has 8 heteroatoms. The van der Waals surface area contributed by atoms with Gasteiger partial charge in [0.1, 0.15) is 29.8 Å². The third-order valence-corrected chi connectivity index (χ3v) is 4.73. The minimum absolute atomic E-state index is 0.235. The number of quaternary nitrogens is 1. The molecule has 0 radical (unpaired) electrons. The van der Waals surface area contributed by atoms with Gasteiger partial charge in [0.15, 0.2) is 0 Å². The van der Waals surface area contributed by atoms with E-state index in [4.69, 9.17) is 16.5 Å². The molecule has 2 aliphatic rings. The maximum Gasteiger partial charge on any atom is 0.258 e. The molecular formula is C10H19ClN3O3S+. The Hall–Kier alpha value is 0.110. The molecule has 1 saturated heterocycles. The monoisotopic (exact) mass is 296 g/mol. The second kappa shape index (κ2) is 6.04. The molecule has 2 heterocycles. The summed E-state index contributed by atoms with van der Waals surface area (Å²) in [6.45, 7) is 2.94. The molecule has 1 fully saturated rings. The average molecular weight is 297 g/mol. The lowest BCUT2D eigenvalue weighted by Crippen LogP contribution is -2.82. The molecule has 0 spiro atoms. The Morgan fingerprint density at radius 1 is 1.50 bits per heavy atom. The van der Waals surface area contributed by atoms with Gasteiger partial charge < -0.3 is 14.9 Å². The zero-order valence-electron chi connectivity index (χ0n) is 10.4. The van der Waals surface area contributed by atoms with Crippen LogP contribution in [-0.2, 0) is 4.74 Å². The fourth-order valence-corrected chi connectivity index (χ4v) is 3.32. The van der Waals surface area contributed by atoms with Crippen LogP contribution in [0.1, 0.15) is 6.92 Å². The first-order valence-electron chi connectivity index (χ1n) is 6.03. The SMILES string of the molecule is CCN(Cl)C[C@H]1O[C@@H]2SC([NH2+]C)=N[C@@H]2[C@@H](O)[C@@H]1O. The molecule has 6 nitrogen and oxygen atoms in total. The van der Waals surface area contributed by atoms with E-state index in [1.807, 2.05) is 19.3 Å². The van der Waals surface area contributed by atoms with Gasteiger partial charge in [-0.15, -0.1) is 0 Å². The third kappa shape index (κ3) is 2.82. The highest BCUT2D eigenvalue weighted by atomic mass is 35.5. The molecule has 0 aromatic heterocycles. The topological polar surface area (TPSA) is 81.9 Å². The van der Waals surface area contributed by atoms with Gasteiger partial charge in [0.2, 0.25) is 0 Å². The number of aliphatic hydroxyl groups excluding tert-OH is 2. The van der Waals surface area contributed by atoms with Gasteiger partial charge in [0.05, 0.1) is 7.05 Å². The molecule has 0 bridgehead atoms. The van der Waals surface area contributed by atoms with E-state index >= 15 is 0 Å². The number of aliphatic hydroxyl groups is 2. The summed E-state index contributed by atoms with van der Waals surface area (Å²) in [5, 5.41) is 22.8. The highest BCUT2D eigenvalue weighted by Crippen LogP contribution is 2.35. The van der Waals surface area contributed by atoms with Crippen LogP contribution in [0, 0.1) is 0 Å². The van der Waals surface area contributed by atoms with Gasteiger partial charge in [-0.05, 0) is 23.5 Å². The number of hydrogen-bond acceptors (Lipinski definition) is 6. The van der Waals surface area contributed by atoms with E-state index in [0.29, 0.717) is 13.1 Å². The summed E-state index contributed by atoms with van der Waals surface area (Å²) in [6.07, 6.45) is -2.35. The van der Waals surface area contributed by atoms with Crippen molar-refractivity contribution >= 4 is 28.7 Å². The number of aliphatic imine (C=N–C) groups is 1. The first-order chi connectivity index (χ1) is 8.56. The molecule has 0 saturated carbocycles. The number of fused-ring (bicyclic) bond motifs is 1. The lowest BCUT2D eigenvalue weighted by Gasteiger charge is -2.38. The number of ether oxygens (including phenoxy) is 1. The Labute approximate surface area is 115 Å². The van der Waals surface area contributed by atoms with Crippen molar-refractivity contribution in [2.75, 3.05) is 20.1 Å². The number of nitrogens with two attached hydrogens (primary N) is 1. The van der Waals surface area contributed by atoms with E-state index in [1.165, 1.54) is 16.2 Å². The number of halogens is 1. The molecule has 0 unspecified atom stereocenters. The standard InChI is InChI=1S/C10H18ClN3O3S/c1-3-14(11)4-5-7(15)8(16)6-9(17-5)18-10(12-2)13-6/h5-9,15-16H,3-4H2,1-2H3,(H,12,13)/p+1/t5-,6-,7-,8-,9-/m1/s1. The summed E-state index contributed by atoms with van der Waals surface area (Å²) in [4.78, 5) is 4.34. The number of likely N-dealkylation sites (N-methyl/N-ethyl adjacent to an activating group) is 1. The normalized spacial score (nSPS) is 39.9. The number of amidine groups is 1. The predicted molar refractivity (Wildman–Crippen MR) is 70.4 cm³/mol. The van der Waals surface area contributed by atoms with Crippen LogP contribution in [0.3, 0.4) is 0 Å². The quantitative estimate of drug-likeness (QED) is 0.557. The Kier molecular flexibility index (Phi) is 4.87. The number of nitrogens with zero attached hydrogens (tertiary/aromatic N) is 2. The van der Waals surface area contributed by atoms with Gasteiger partial charge in [-0.1, -0.05) is 6.92 Å². The van der Waals surface area contributed by atoms with Crippen LogP contribution in [-0.4, -0.2) is 69.7 Å². The van der Waals surface area contributed by atoms with Gasteiger partial charge in [0.25, 0.3) is 5.17 Å². The molecule has 0 aromatic carbocycles. The van der Waals surface area contributed by atoms with Crippen molar-refractivity contribution in [3.8, 4) is 0 Å². The summed E-state index contributed by atoms with van der Waals surface area (Å²) in [5.41, 5.74) is -0.235. The lowest BCUT2D eigenvalue weighted by atomic mass is 9.98. The summed E-state index contributed by atoms with van der Waals surface area (Å²) < 4.78 is 7.33. The van der Waals surface area contributed by atoms with Crippen LogP contribution < -0.4 is 5.32 Å². The zero-order chi connectivity index (χ0) is 13.3. The Morgan fingerprint density at radius 2 is 2.22 bits per heavy atom. The second-order valence-electron chi connectivity index (χ2n) is 4.35. The molecule has 4 N–H and O–H groups in total. The van der Waals surface area contributed by atoms with Gasteiger partial charge >= 0.3 is 0 Å². The first kappa shape index (κ1) is 14.5. The third-order valence-electron chi connectivity index (χ3n) is 3.15. The summed E-state index contributed by atoms with van der Waals surface area (Å²) in [7, 11) is 1.89. The van der Waals surface area contributed by atoms with Crippen LogP contribution in [0.15, 0.2) is 4.99 Å². The molecule has 0 aliphatic carbocycles. The fraction of sp³-hybridized carbons (Fsp3) is 0.900. The van der Waals surface area contributed by atoms with E-state index in [1.54, 1.807) is 0 Å². The van der Waals surface area contributed by atoms with Crippen LogP contribution >= 0.6 is 23.5 Å². The van der Waals surface area contributed by atoms with Gasteiger partial charge in [-0.25, -0.2) is 9.41 Å². The summed E-state index contributed by atoms with van der Waals surface area (Å²) in [5.74, 6) is 0. The Balaban J connectivity index is 2.03. The molecule has 2 rings (SSSR count). The van der Waals surface area contributed by atoms with E-state index in [0.717, 1.165) is 5.17 Å². The van der Waals surface area contributed by atoms with Crippen molar-refractivity contribution in [2.45, 2.75) is 36.7 Å². The highest BCUT2D eigenvalue weighted by Gasteiger charge is 2.49. The van der Waals surface area contributed by atoms with E-state index in [-0.39, 0.29) is 5.44 Å². The maximum absolute atomic E-state index is 10.1.